The number of likely N-dealkylation sites (tertiary alicyclic amines) is 1. The second kappa shape index (κ2) is 6.88. The third-order valence-corrected chi connectivity index (χ3v) is 4.26. The Hall–Kier alpha value is -1.36. The zero-order valence-corrected chi connectivity index (χ0v) is 12.5. The van der Waals surface area contributed by atoms with Crippen molar-refractivity contribution in [2.45, 2.75) is 52.1 Å². The molecule has 1 aromatic rings. The van der Waals surface area contributed by atoms with Gasteiger partial charge < -0.3 is 5.11 Å². The number of nitrogens with zero attached hydrogens (tertiary/aromatic N) is 3. The van der Waals surface area contributed by atoms with Gasteiger partial charge >= 0.3 is 5.97 Å². The van der Waals surface area contributed by atoms with Gasteiger partial charge in [0.05, 0.1) is 5.69 Å². The van der Waals surface area contributed by atoms with Crippen molar-refractivity contribution in [2.24, 2.45) is 5.92 Å². The lowest BCUT2D eigenvalue weighted by molar-refractivity contribution is -0.138. The highest BCUT2D eigenvalue weighted by molar-refractivity contribution is 5.67. The Morgan fingerprint density at radius 3 is 2.80 bits per heavy atom. The van der Waals surface area contributed by atoms with Crippen LogP contribution in [0.15, 0.2) is 12.3 Å². The van der Waals surface area contributed by atoms with Gasteiger partial charge in [0, 0.05) is 25.2 Å². The number of piperidine rings is 1. The zero-order chi connectivity index (χ0) is 14.5. The molecule has 0 amide bonds. The third-order valence-electron chi connectivity index (χ3n) is 4.26. The SMILES string of the molecule is CCC(C)n1ccc(CN2CCC(CC(=O)O)CC2)n1. The van der Waals surface area contributed by atoms with Crippen LogP contribution in [0.25, 0.3) is 0 Å². The van der Waals surface area contributed by atoms with Gasteiger partial charge in [-0.15, -0.1) is 0 Å². The molecule has 1 fully saturated rings. The van der Waals surface area contributed by atoms with Gasteiger partial charge in [-0.3, -0.25) is 14.4 Å². The van der Waals surface area contributed by atoms with Crippen molar-refractivity contribution in [3.05, 3.63) is 18.0 Å². The maximum absolute atomic E-state index is 10.7. The average molecular weight is 279 g/mol. The quantitative estimate of drug-likeness (QED) is 0.869. The molecule has 1 aliphatic heterocycles. The highest BCUT2D eigenvalue weighted by atomic mass is 16.4. The second-order valence-corrected chi connectivity index (χ2v) is 5.86. The van der Waals surface area contributed by atoms with E-state index in [0.717, 1.165) is 44.6 Å². The summed E-state index contributed by atoms with van der Waals surface area (Å²) >= 11 is 0. The van der Waals surface area contributed by atoms with Crippen molar-refractivity contribution in [1.82, 2.24) is 14.7 Å². The minimum atomic E-state index is -0.671. The van der Waals surface area contributed by atoms with E-state index < -0.39 is 5.97 Å². The van der Waals surface area contributed by atoms with Crippen LogP contribution in [0.4, 0.5) is 0 Å². The molecule has 1 saturated heterocycles. The monoisotopic (exact) mass is 279 g/mol. The number of aromatic nitrogens is 2. The molecule has 2 rings (SSSR count). The van der Waals surface area contributed by atoms with Gasteiger partial charge in [-0.1, -0.05) is 6.92 Å². The fraction of sp³-hybridized carbons (Fsp3) is 0.733. The summed E-state index contributed by atoms with van der Waals surface area (Å²) in [6, 6.07) is 2.54. The molecule has 1 aromatic heterocycles. The lowest BCUT2D eigenvalue weighted by Gasteiger charge is -2.30. The summed E-state index contributed by atoms with van der Waals surface area (Å²) in [5, 5.41) is 13.4. The number of carboxylic acids is 1. The van der Waals surface area contributed by atoms with Gasteiger partial charge in [-0.05, 0) is 51.3 Å². The van der Waals surface area contributed by atoms with Crippen LogP contribution >= 0.6 is 0 Å². The molecule has 0 radical (unpaired) electrons. The number of rotatable bonds is 6. The van der Waals surface area contributed by atoms with Gasteiger partial charge in [-0.25, -0.2) is 0 Å². The first-order valence-corrected chi connectivity index (χ1v) is 7.56. The number of aliphatic carboxylic acids is 1. The molecule has 5 nitrogen and oxygen atoms in total. The topological polar surface area (TPSA) is 58.4 Å². The Kier molecular flexibility index (Phi) is 5.17. The molecule has 1 atom stereocenters. The van der Waals surface area contributed by atoms with Crippen molar-refractivity contribution in [1.29, 1.82) is 0 Å². The number of carbonyl (C=O) groups is 1. The Balaban J connectivity index is 1.80. The van der Waals surface area contributed by atoms with E-state index in [2.05, 4.69) is 36.1 Å². The first kappa shape index (κ1) is 15.0. The molecule has 1 aliphatic rings. The predicted molar refractivity (Wildman–Crippen MR) is 77.5 cm³/mol. The number of carboxylic acid groups (broad SMARTS) is 1. The average Bonchev–Trinajstić information content (AvgIpc) is 2.88. The first-order valence-electron chi connectivity index (χ1n) is 7.56. The summed E-state index contributed by atoms with van der Waals surface area (Å²) in [4.78, 5) is 13.1. The number of hydrogen-bond donors (Lipinski definition) is 1. The predicted octanol–water partition coefficient (Wildman–Crippen LogP) is 2.54. The van der Waals surface area contributed by atoms with E-state index in [1.54, 1.807) is 0 Å². The second-order valence-electron chi connectivity index (χ2n) is 5.86. The van der Waals surface area contributed by atoms with Crippen molar-refractivity contribution in [3.8, 4) is 0 Å². The van der Waals surface area contributed by atoms with Crippen molar-refractivity contribution >= 4 is 5.97 Å². The summed E-state index contributed by atoms with van der Waals surface area (Å²) in [5.41, 5.74) is 1.11. The van der Waals surface area contributed by atoms with Gasteiger partial charge in [0.2, 0.25) is 0 Å². The molecule has 0 bridgehead atoms. The molecular weight excluding hydrogens is 254 g/mol. The van der Waals surface area contributed by atoms with Crippen molar-refractivity contribution < 1.29 is 9.90 Å². The standard InChI is InChI=1S/C15H25N3O2/c1-3-12(2)18-9-6-14(16-18)11-17-7-4-13(5-8-17)10-15(19)20/h6,9,12-13H,3-5,7-8,10-11H2,1-2H3,(H,19,20). The minimum absolute atomic E-state index is 0.316. The van der Waals surface area contributed by atoms with E-state index in [4.69, 9.17) is 5.11 Å². The molecule has 1 unspecified atom stereocenters. The third kappa shape index (κ3) is 4.07. The highest BCUT2D eigenvalue weighted by Crippen LogP contribution is 2.21. The van der Waals surface area contributed by atoms with E-state index in [0.29, 0.717) is 18.4 Å². The van der Waals surface area contributed by atoms with E-state index in [-0.39, 0.29) is 0 Å². The van der Waals surface area contributed by atoms with Gasteiger partial charge in [0.25, 0.3) is 0 Å². The molecule has 1 N–H and O–H groups in total. The molecule has 5 heteroatoms. The summed E-state index contributed by atoms with van der Waals surface area (Å²) in [6.45, 7) is 7.18. The van der Waals surface area contributed by atoms with Gasteiger partial charge in [0.1, 0.15) is 0 Å². The van der Waals surface area contributed by atoms with E-state index >= 15 is 0 Å². The molecule has 0 aliphatic carbocycles. The van der Waals surface area contributed by atoms with Crippen LogP contribution in [-0.2, 0) is 11.3 Å². The van der Waals surface area contributed by atoms with Crippen LogP contribution in [0.3, 0.4) is 0 Å². The lowest BCUT2D eigenvalue weighted by Crippen LogP contribution is -2.34. The van der Waals surface area contributed by atoms with Crippen LogP contribution in [-0.4, -0.2) is 38.8 Å². The smallest absolute Gasteiger partial charge is 0.303 e. The Labute approximate surface area is 120 Å². The van der Waals surface area contributed by atoms with E-state index in [1.807, 2.05) is 4.68 Å². The molecule has 0 aromatic carbocycles. The summed E-state index contributed by atoms with van der Waals surface area (Å²) in [7, 11) is 0. The Morgan fingerprint density at radius 1 is 1.50 bits per heavy atom. The largest absolute Gasteiger partial charge is 0.481 e. The maximum atomic E-state index is 10.7. The summed E-state index contributed by atoms with van der Waals surface area (Å²) in [6.07, 6.45) is 5.43. The van der Waals surface area contributed by atoms with Crippen molar-refractivity contribution in [2.75, 3.05) is 13.1 Å². The lowest BCUT2D eigenvalue weighted by atomic mass is 9.93. The van der Waals surface area contributed by atoms with Crippen molar-refractivity contribution in [3.63, 3.8) is 0 Å². The van der Waals surface area contributed by atoms with Crippen LogP contribution in [0.1, 0.15) is 51.3 Å². The van der Waals surface area contributed by atoms with Crippen LogP contribution in [0.5, 0.6) is 0 Å². The molecule has 112 valence electrons. The molecule has 2 heterocycles. The Morgan fingerprint density at radius 2 is 2.20 bits per heavy atom. The van der Waals surface area contributed by atoms with Crippen LogP contribution in [0.2, 0.25) is 0 Å². The van der Waals surface area contributed by atoms with E-state index in [9.17, 15) is 4.79 Å². The minimum Gasteiger partial charge on any atom is -0.481 e. The van der Waals surface area contributed by atoms with Crippen LogP contribution < -0.4 is 0 Å². The van der Waals surface area contributed by atoms with Gasteiger partial charge in [0.15, 0.2) is 0 Å². The first-order chi connectivity index (χ1) is 9.58. The normalized spacial score (nSPS) is 19.1. The fourth-order valence-corrected chi connectivity index (χ4v) is 2.72. The van der Waals surface area contributed by atoms with E-state index in [1.165, 1.54) is 0 Å². The fourth-order valence-electron chi connectivity index (χ4n) is 2.72. The molecule has 0 saturated carbocycles. The van der Waals surface area contributed by atoms with Gasteiger partial charge in [-0.2, -0.15) is 5.10 Å². The summed E-state index contributed by atoms with van der Waals surface area (Å²) < 4.78 is 2.03. The maximum Gasteiger partial charge on any atom is 0.303 e. The Bertz CT molecular complexity index is 436. The summed E-state index contributed by atoms with van der Waals surface area (Å²) in [5.74, 6) is -0.322. The molecular formula is C15H25N3O2. The molecule has 20 heavy (non-hydrogen) atoms. The van der Waals surface area contributed by atoms with Crippen LogP contribution in [0, 0.1) is 5.92 Å². The molecule has 0 spiro atoms. The number of hydrogen-bond acceptors (Lipinski definition) is 3. The highest BCUT2D eigenvalue weighted by Gasteiger charge is 2.21. The zero-order valence-electron chi connectivity index (χ0n) is 12.5.